The molecule has 0 radical (unpaired) electrons. The molecule has 0 unspecified atom stereocenters. The first kappa shape index (κ1) is 18.9. The first-order chi connectivity index (χ1) is 8.84. The normalized spacial score (nSPS) is 11.2. The van der Waals surface area contributed by atoms with Crippen molar-refractivity contribution in [3.05, 3.63) is 18.0 Å². The van der Waals surface area contributed by atoms with E-state index in [9.17, 15) is 13.2 Å². The number of likely N-dealkylation sites (N-methyl/N-ethyl adjacent to an activating group) is 2. The van der Waals surface area contributed by atoms with Gasteiger partial charge in [-0.3, -0.25) is 4.79 Å². The lowest BCUT2D eigenvalue weighted by molar-refractivity contribution is 0.0955. The molecule has 1 heterocycles. The van der Waals surface area contributed by atoms with Crippen LogP contribution in [0.25, 0.3) is 0 Å². The molecule has 9 heteroatoms. The largest absolute Gasteiger partial charge is 0.354 e. The van der Waals surface area contributed by atoms with Gasteiger partial charge >= 0.3 is 0 Å². The Morgan fingerprint density at radius 2 is 2.00 bits per heavy atom. The molecule has 0 fully saturated rings. The second-order valence-corrected chi connectivity index (χ2v) is 6.23. The van der Waals surface area contributed by atoms with Crippen molar-refractivity contribution in [2.24, 2.45) is 7.05 Å². The number of carbonyl (C=O) groups is 1. The monoisotopic (exact) mass is 324 g/mol. The number of sulfonamides is 1. The van der Waals surface area contributed by atoms with E-state index in [0.717, 1.165) is 0 Å². The molecule has 116 valence electrons. The van der Waals surface area contributed by atoms with E-state index < -0.39 is 10.0 Å². The molecule has 0 saturated carbocycles. The van der Waals surface area contributed by atoms with Crippen molar-refractivity contribution in [3.8, 4) is 0 Å². The van der Waals surface area contributed by atoms with E-state index >= 15 is 0 Å². The fraction of sp³-hybridized carbons (Fsp3) is 0.545. The van der Waals surface area contributed by atoms with E-state index in [-0.39, 0.29) is 23.2 Å². The van der Waals surface area contributed by atoms with Crippen molar-refractivity contribution >= 4 is 28.3 Å². The molecule has 0 aliphatic heterocycles. The van der Waals surface area contributed by atoms with Gasteiger partial charge in [0.15, 0.2) is 0 Å². The molecule has 7 nitrogen and oxygen atoms in total. The van der Waals surface area contributed by atoms with Crippen LogP contribution in [0.2, 0.25) is 0 Å². The van der Waals surface area contributed by atoms with Gasteiger partial charge in [-0.2, -0.15) is 4.31 Å². The highest BCUT2D eigenvalue weighted by molar-refractivity contribution is 7.89. The molecule has 2 N–H and O–H groups in total. The number of carbonyl (C=O) groups excluding carboxylic acids is 1. The molecule has 0 atom stereocenters. The number of aryl methyl sites for hydroxylation is 1. The molecule has 0 aromatic carbocycles. The summed E-state index contributed by atoms with van der Waals surface area (Å²) in [4.78, 5) is 11.7. The Bertz CT molecular complexity index is 556. The summed E-state index contributed by atoms with van der Waals surface area (Å²) >= 11 is 0. The second-order valence-electron chi connectivity index (χ2n) is 4.18. The van der Waals surface area contributed by atoms with Gasteiger partial charge in [-0.05, 0) is 13.1 Å². The van der Waals surface area contributed by atoms with Crippen molar-refractivity contribution in [2.75, 3.05) is 34.2 Å². The quantitative estimate of drug-likeness (QED) is 0.749. The Morgan fingerprint density at radius 3 is 2.50 bits per heavy atom. The van der Waals surface area contributed by atoms with Gasteiger partial charge in [0.25, 0.3) is 5.91 Å². The van der Waals surface area contributed by atoms with Crippen LogP contribution < -0.4 is 10.6 Å². The lowest BCUT2D eigenvalue weighted by atomic mass is 10.4. The van der Waals surface area contributed by atoms with Crippen molar-refractivity contribution in [2.45, 2.75) is 4.90 Å². The van der Waals surface area contributed by atoms with Gasteiger partial charge in [-0.25, -0.2) is 8.42 Å². The Kier molecular flexibility index (Phi) is 7.21. The Balaban J connectivity index is 0.00000361. The molecule has 1 aromatic heterocycles. The first-order valence-corrected chi connectivity index (χ1v) is 7.28. The maximum Gasteiger partial charge on any atom is 0.267 e. The molecule has 0 spiro atoms. The van der Waals surface area contributed by atoms with E-state index in [1.54, 1.807) is 14.1 Å². The number of aromatic nitrogens is 1. The Hall–Kier alpha value is -1.09. The zero-order valence-electron chi connectivity index (χ0n) is 12.0. The molecule has 20 heavy (non-hydrogen) atoms. The van der Waals surface area contributed by atoms with Crippen LogP contribution in [0.3, 0.4) is 0 Å². The number of hydrogen-bond donors (Lipinski definition) is 2. The third-order valence-electron chi connectivity index (χ3n) is 2.82. The van der Waals surface area contributed by atoms with Crippen LogP contribution in [0, 0.1) is 0 Å². The molecule has 0 saturated heterocycles. The smallest absolute Gasteiger partial charge is 0.267 e. The summed E-state index contributed by atoms with van der Waals surface area (Å²) in [5.74, 6) is -0.318. The van der Waals surface area contributed by atoms with Crippen LogP contribution in [-0.4, -0.2) is 57.4 Å². The second kappa shape index (κ2) is 7.63. The molecule has 1 amide bonds. The fourth-order valence-corrected chi connectivity index (χ4v) is 2.84. The van der Waals surface area contributed by atoms with Crippen molar-refractivity contribution in [3.63, 3.8) is 0 Å². The van der Waals surface area contributed by atoms with Gasteiger partial charge in [0.05, 0.1) is 0 Å². The highest BCUT2D eigenvalue weighted by Gasteiger charge is 2.24. The molecule has 0 aliphatic carbocycles. The van der Waals surface area contributed by atoms with Crippen LogP contribution in [0.5, 0.6) is 0 Å². The summed E-state index contributed by atoms with van der Waals surface area (Å²) in [6.45, 7) is 0.925. The van der Waals surface area contributed by atoms with Gasteiger partial charge in [0, 0.05) is 40.4 Å². The summed E-state index contributed by atoms with van der Waals surface area (Å²) in [5, 5.41) is 5.36. The van der Waals surface area contributed by atoms with Gasteiger partial charge in [-0.15, -0.1) is 12.4 Å². The SMILES string of the molecule is CNCCN(C)S(=O)(=O)c1cc(C(=O)NC)n(C)c1.Cl. The number of nitrogens with one attached hydrogen (secondary N) is 2. The zero-order valence-corrected chi connectivity index (χ0v) is 13.6. The molecule has 1 rings (SSSR count). The Labute approximate surface area is 125 Å². The van der Waals surface area contributed by atoms with Gasteiger partial charge in [0.2, 0.25) is 10.0 Å². The van der Waals surface area contributed by atoms with E-state index in [4.69, 9.17) is 0 Å². The highest BCUT2D eigenvalue weighted by Crippen LogP contribution is 2.17. The minimum atomic E-state index is -3.56. The number of rotatable bonds is 6. The average molecular weight is 325 g/mol. The summed E-state index contributed by atoms with van der Waals surface area (Å²) in [7, 11) is 2.85. The van der Waals surface area contributed by atoms with Crippen LogP contribution in [0.4, 0.5) is 0 Å². The highest BCUT2D eigenvalue weighted by atomic mass is 35.5. The van der Waals surface area contributed by atoms with Crippen molar-refractivity contribution in [1.29, 1.82) is 0 Å². The fourth-order valence-electron chi connectivity index (χ4n) is 1.60. The van der Waals surface area contributed by atoms with Crippen molar-refractivity contribution < 1.29 is 13.2 Å². The number of hydrogen-bond acceptors (Lipinski definition) is 4. The van der Waals surface area contributed by atoms with E-state index in [2.05, 4.69) is 10.6 Å². The van der Waals surface area contributed by atoms with E-state index in [0.29, 0.717) is 18.8 Å². The summed E-state index contributed by atoms with van der Waals surface area (Å²) in [6.07, 6.45) is 1.44. The number of nitrogens with zero attached hydrogens (tertiary/aromatic N) is 2. The predicted octanol–water partition coefficient (Wildman–Crippen LogP) is -0.354. The molecular weight excluding hydrogens is 304 g/mol. The van der Waals surface area contributed by atoms with E-state index in [1.807, 2.05) is 0 Å². The van der Waals surface area contributed by atoms with Gasteiger partial charge < -0.3 is 15.2 Å². The minimum Gasteiger partial charge on any atom is -0.354 e. The average Bonchev–Trinajstić information content (AvgIpc) is 2.77. The zero-order chi connectivity index (χ0) is 14.6. The van der Waals surface area contributed by atoms with Gasteiger partial charge in [0.1, 0.15) is 10.6 Å². The first-order valence-electron chi connectivity index (χ1n) is 5.84. The van der Waals surface area contributed by atoms with E-state index in [1.165, 1.54) is 35.2 Å². The van der Waals surface area contributed by atoms with Crippen LogP contribution >= 0.6 is 12.4 Å². The molecule has 0 aliphatic rings. The lowest BCUT2D eigenvalue weighted by Crippen LogP contribution is -2.32. The third kappa shape index (κ3) is 3.95. The number of halogens is 1. The maximum atomic E-state index is 12.3. The Morgan fingerprint density at radius 1 is 1.40 bits per heavy atom. The minimum absolute atomic E-state index is 0. The maximum absolute atomic E-state index is 12.3. The number of amides is 1. The summed E-state index contributed by atoms with van der Waals surface area (Å²) in [6, 6.07) is 1.38. The van der Waals surface area contributed by atoms with Crippen molar-refractivity contribution in [1.82, 2.24) is 19.5 Å². The van der Waals surface area contributed by atoms with Crippen LogP contribution in [0.1, 0.15) is 10.5 Å². The molecule has 0 bridgehead atoms. The van der Waals surface area contributed by atoms with Crippen LogP contribution in [0.15, 0.2) is 17.2 Å². The topological polar surface area (TPSA) is 83.4 Å². The summed E-state index contributed by atoms with van der Waals surface area (Å²) in [5.41, 5.74) is 0.308. The summed E-state index contributed by atoms with van der Waals surface area (Å²) < 4.78 is 27.3. The lowest BCUT2D eigenvalue weighted by Gasteiger charge is -2.15. The van der Waals surface area contributed by atoms with Gasteiger partial charge in [-0.1, -0.05) is 0 Å². The predicted molar refractivity (Wildman–Crippen MR) is 79.8 cm³/mol. The standard InChI is InChI=1S/C11H20N4O3S.ClH/c1-12-5-6-15(4)19(17,18)9-7-10(11(16)13-2)14(3)8-9;/h7-8,12H,5-6H2,1-4H3,(H,13,16);1H. The molecule has 1 aromatic rings. The third-order valence-corrected chi connectivity index (χ3v) is 4.65. The van der Waals surface area contributed by atoms with Crippen LogP contribution in [-0.2, 0) is 17.1 Å². The molecular formula is C11H21ClN4O3S.